The van der Waals surface area contributed by atoms with Crippen molar-refractivity contribution in [2.24, 2.45) is 5.73 Å². The van der Waals surface area contributed by atoms with Gasteiger partial charge in [-0.2, -0.15) is 5.10 Å². The van der Waals surface area contributed by atoms with Crippen LogP contribution in [0.2, 0.25) is 0 Å². The van der Waals surface area contributed by atoms with Gasteiger partial charge in [-0.3, -0.25) is 15.2 Å². The summed E-state index contributed by atoms with van der Waals surface area (Å²) in [5, 5.41) is 9.25. The fraction of sp³-hybridized carbons (Fsp3) is 0.500. The first-order valence-corrected chi connectivity index (χ1v) is 5.47. The summed E-state index contributed by atoms with van der Waals surface area (Å²) in [6.07, 6.45) is 1.42. The van der Waals surface area contributed by atoms with Gasteiger partial charge in [-0.05, 0) is 19.8 Å². The Bertz CT molecular complexity index is 442. The van der Waals surface area contributed by atoms with Crippen LogP contribution in [0.1, 0.15) is 18.5 Å². The van der Waals surface area contributed by atoms with Crippen molar-refractivity contribution in [3.05, 3.63) is 11.8 Å². The average molecular weight is 237 g/mol. The number of nitrogens with zero attached hydrogens (tertiary/aromatic N) is 2. The van der Waals surface area contributed by atoms with Crippen LogP contribution in [0.15, 0.2) is 6.07 Å². The van der Waals surface area contributed by atoms with Crippen molar-refractivity contribution in [2.75, 3.05) is 11.9 Å². The maximum Gasteiger partial charge on any atom is 0.323 e. The number of nitrogens with two attached hydrogens (primary N) is 1. The molecule has 2 rings (SSSR count). The van der Waals surface area contributed by atoms with Crippen LogP contribution >= 0.6 is 0 Å². The Morgan fingerprint density at radius 2 is 2.41 bits per heavy atom. The molecule has 17 heavy (non-hydrogen) atoms. The molecule has 0 unspecified atom stereocenters. The predicted molar refractivity (Wildman–Crippen MR) is 61.3 cm³/mol. The number of aromatic nitrogens is 2. The summed E-state index contributed by atoms with van der Waals surface area (Å²) in [6, 6.07) is 0.876. The van der Waals surface area contributed by atoms with E-state index in [4.69, 9.17) is 5.73 Å². The van der Waals surface area contributed by atoms with Gasteiger partial charge in [-0.25, -0.2) is 4.79 Å². The number of nitrogens with one attached hydrogen (secondary N) is 2. The number of hydrogen-bond donors (Lipinski definition) is 3. The molecule has 1 aromatic rings. The molecule has 4 N–H and O–H groups in total. The first-order chi connectivity index (χ1) is 8.08. The Labute approximate surface area is 98.4 Å². The minimum absolute atomic E-state index is 0.335. The van der Waals surface area contributed by atoms with E-state index in [0.717, 1.165) is 12.1 Å². The molecule has 1 fully saturated rings. The fourth-order valence-electron chi connectivity index (χ4n) is 1.97. The summed E-state index contributed by atoms with van der Waals surface area (Å²) in [5.41, 5.74) is 6.10. The third-order valence-corrected chi connectivity index (χ3v) is 2.78. The predicted octanol–water partition coefficient (Wildman–Crippen LogP) is 0.200. The first-order valence-electron chi connectivity index (χ1n) is 5.47. The zero-order valence-corrected chi connectivity index (χ0v) is 9.56. The lowest BCUT2D eigenvalue weighted by Crippen LogP contribution is -2.45. The summed E-state index contributed by atoms with van der Waals surface area (Å²) in [5.74, 6) is -0.0153. The molecule has 92 valence electrons. The van der Waals surface area contributed by atoms with Crippen LogP contribution in [-0.2, 0) is 4.79 Å². The quantitative estimate of drug-likeness (QED) is 0.684. The number of anilines is 1. The highest BCUT2D eigenvalue weighted by atomic mass is 16.2. The molecular formula is C10H15N5O2. The number of aryl methyl sites for hydroxylation is 1. The lowest BCUT2D eigenvalue weighted by atomic mass is 10.2. The summed E-state index contributed by atoms with van der Waals surface area (Å²) < 4.78 is 0. The second-order valence-corrected chi connectivity index (χ2v) is 4.12. The highest BCUT2D eigenvalue weighted by molar-refractivity contribution is 5.93. The Balaban J connectivity index is 2.02. The van der Waals surface area contributed by atoms with Crippen LogP contribution in [0.4, 0.5) is 10.6 Å². The molecule has 1 saturated heterocycles. The topological polar surface area (TPSA) is 104 Å². The number of hydrogen-bond acceptors (Lipinski definition) is 3. The number of rotatable bonds is 2. The Morgan fingerprint density at radius 1 is 1.65 bits per heavy atom. The van der Waals surface area contributed by atoms with E-state index in [2.05, 4.69) is 15.5 Å². The third-order valence-electron chi connectivity index (χ3n) is 2.78. The molecule has 7 nitrogen and oxygen atoms in total. The molecule has 1 aliphatic rings. The number of amides is 3. The number of likely N-dealkylation sites (tertiary alicyclic amines) is 1. The molecule has 0 radical (unpaired) electrons. The largest absolute Gasteiger partial charge is 0.368 e. The van der Waals surface area contributed by atoms with Crippen molar-refractivity contribution in [1.82, 2.24) is 15.1 Å². The molecule has 0 spiro atoms. The number of carbonyl (C=O) groups is 2. The monoisotopic (exact) mass is 237 g/mol. The van der Waals surface area contributed by atoms with Crippen molar-refractivity contribution >= 4 is 17.8 Å². The van der Waals surface area contributed by atoms with Gasteiger partial charge < -0.3 is 10.6 Å². The Morgan fingerprint density at radius 3 is 3.00 bits per heavy atom. The maximum atomic E-state index is 11.9. The van der Waals surface area contributed by atoms with Crippen LogP contribution < -0.4 is 11.1 Å². The van der Waals surface area contributed by atoms with E-state index in [0.29, 0.717) is 18.8 Å². The molecule has 1 aliphatic heterocycles. The summed E-state index contributed by atoms with van der Waals surface area (Å²) in [7, 11) is 0. The number of urea groups is 1. The molecule has 7 heteroatoms. The first kappa shape index (κ1) is 11.4. The Hall–Kier alpha value is -2.05. The SMILES string of the molecule is Cc1cc(NC(=O)N2CCC[C@H]2C(N)=O)n[nH]1. The summed E-state index contributed by atoms with van der Waals surface area (Å²) in [6.45, 7) is 2.38. The van der Waals surface area contributed by atoms with Gasteiger partial charge in [0.25, 0.3) is 0 Å². The number of carbonyl (C=O) groups excluding carboxylic acids is 2. The van der Waals surface area contributed by atoms with Crippen LogP contribution in [0, 0.1) is 6.92 Å². The zero-order chi connectivity index (χ0) is 12.4. The second kappa shape index (κ2) is 4.44. The van der Waals surface area contributed by atoms with E-state index >= 15 is 0 Å². The summed E-state index contributed by atoms with van der Waals surface area (Å²) in [4.78, 5) is 24.5. The molecule has 0 aromatic carbocycles. The lowest BCUT2D eigenvalue weighted by Gasteiger charge is -2.21. The molecule has 3 amide bonds. The highest BCUT2D eigenvalue weighted by Gasteiger charge is 2.32. The summed E-state index contributed by atoms with van der Waals surface area (Å²) >= 11 is 0. The highest BCUT2D eigenvalue weighted by Crippen LogP contribution is 2.18. The number of aromatic amines is 1. The van der Waals surface area contributed by atoms with E-state index in [-0.39, 0.29) is 6.03 Å². The molecule has 1 aromatic heterocycles. The van der Waals surface area contributed by atoms with E-state index in [1.807, 2.05) is 6.92 Å². The van der Waals surface area contributed by atoms with E-state index < -0.39 is 11.9 Å². The van der Waals surface area contributed by atoms with Gasteiger partial charge in [0.15, 0.2) is 5.82 Å². The molecule has 1 atom stereocenters. The average Bonchev–Trinajstić information content (AvgIpc) is 2.86. The normalized spacial score (nSPS) is 19.4. The van der Waals surface area contributed by atoms with Gasteiger partial charge in [0.05, 0.1) is 0 Å². The standard InChI is InChI=1S/C10H15N5O2/c1-6-5-8(14-13-6)12-10(17)15-4-2-3-7(15)9(11)16/h5,7H,2-4H2,1H3,(H2,11,16)(H2,12,13,14,17)/t7-/m0/s1. The van der Waals surface area contributed by atoms with Crippen LogP contribution in [0.3, 0.4) is 0 Å². The number of primary amides is 1. The van der Waals surface area contributed by atoms with E-state index in [9.17, 15) is 9.59 Å². The zero-order valence-electron chi connectivity index (χ0n) is 9.56. The van der Waals surface area contributed by atoms with Gasteiger partial charge >= 0.3 is 6.03 Å². The van der Waals surface area contributed by atoms with Gasteiger partial charge in [0, 0.05) is 18.3 Å². The maximum absolute atomic E-state index is 11.9. The molecule has 0 bridgehead atoms. The molecular weight excluding hydrogens is 222 g/mol. The van der Waals surface area contributed by atoms with Gasteiger partial charge in [-0.1, -0.05) is 0 Å². The van der Waals surface area contributed by atoms with Crippen molar-refractivity contribution in [1.29, 1.82) is 0 Å². The van der Waals surface area contributed by atoms with Crippen molar-refractivity contribution in [3.63, 3.8) is 0 Å². The van der Waals surface area contributed by atoms with E-state index in [1.54, 1.807) is 6.07 Å². The smallest absolute Gasteiger partial charge is 0.323 e. The van der Waals surface area contributed by atoms with Gasteiger partial charge in [-0.15, -0.1) is 0 Å². The minimum Gasteiger partial charge on any atom is -0.368 e. The van der Waals surface area contributed by atoms with Crippen LogP contribution in [0.25, 0.3) is 0 Å². The lowest BCUT2D eigenvalue weighted by molar-refractivity contribution is -0.121. The Kier molecular flexibility index (Phi) is 2.99. The van der Waals surface area contributed by atoms with Crippen molar-refractivity contribution in [3.8, 4) is 0 Å². The third kappa shape index (κ3) is 2.38. The van der Waals surface area contributed by atoms with Crippen LogP contribution in [-0.4, -0.2) is 39.6 Å². The van der Waals surface area contributed by atoms with E-state index in [1.165, 1.54) is 4.90 Å². The van der Waals surface area contributed by atoms with Crippen molar-refractivity contribution < 1.29 is 9.59 Å². The van der Waals surface area contributed by atoms with Crippen molar-refractivity contribution in [2.45, 2.75) is 25.8 Å². The fourth-order valence-corrected chi connectivity index (χ4v) is 1.97. The number of H-pyrrole nitrogens is 1. The van der Waals surface area contributed by atoms with Gasteiger partial charge in [0.2, 0.25) is 5.91 Å². The van der Waals surface area contributed by atoms with Crippen LogP contribution in [0.5, 0.6) is 0 Å². The second-order valence-electron chi connectivity index (χ2n) is 4.12. The molecule has 0 aliphatic carbocycles. The molecule has 0 saturated carbocycles. The minimum atomic E-state index is -0.505. The van der Waals surface area contributed by atoms with Gasteiger partial charge in [0.1, 0.15) is 6.04 Å². The molecule has 2 heterocycles.